The third-order valence-electron chi connectivity index (χ3n) is 1.27. The van der Waals surface area contributed by atoms with Crippen LogP contribution in [0.15, 0.2) is 12.3 Å². The molecule has 0 spiro atoms. The van der Waals surface area contributed by atoms with E-state index in [1.165, 1.54) is 12.3 Å². The van der Waals surface area contributed by atoms with Gasteiger partial charge in [-0.05, 0) is 17.9 Å². The summed E-state index contributed by atoms with van der Waals surface area (Å²) in [6.45, 7) is 2.00. The number of hydrogen-bond acceptors (Lipinski definition) is 1. The van der Waals surface area contributed by atoms with E-state index < -0.39 is 0 Å². The van der Waals surface area contributed by atoms with Crippen LogP contribution in [0.1, 0.15) is 19.0 Å². The predicted molar refractivity (Wildman–Crippen MR) is 37.0 cm³/mol. The second kappa shape index (κ2) is 5.79. The zero-order chi connectivity index (χ0) is 7.40. The Morgan fingerprint density at radius 3 is 2.91 bits per heavy atom. The summed E-state index contributed by atoms with van der Waals surface area (Å²) in [7, 11) is 0. The van der Waals surface area contributed by atoms with Crippen molar-refractivity contribution in [2.75, 3.05) is 0 Å². The molecule has 1 aromatic heterocycles. The molecule has 0 aliphatic rings. The molecular formula is C8H9FNY-. The number of nitrogens with zero attached hydrogens (tertiary/aromatic N) is 1. The Morgan fingerprint density at radius 2 is 2.36 bits per heavy atom. The summed E-state index contributed by atoms with van der Waals surface area (Å²) in [6.07, 6.45) is 3.13. The van der Waals surface area contributed by atoms with Crippen molar-refractivity contribution in [3.8, 4) is 0 Å². The maximum atomic E-state index is 12.7. The van der Waals surface area contributed by atoms with Crippen LogP contribution in [0, 0.1) is 11.9 Å². The van der Waals surface area contributed by atoms with Gasteiger partial charge in [-0.1, -0.05) is 19.5 Å². The molecule has 57 valence electrons. The predicted octanol–water partition coefficient (Wildman–Crippen LogP) is 1.97. The fourth-order valence-corrected chi connectivity index (χ4v) is 0.791. The van der Waals surface area contributed by atoms with E-state index in [0.29, 0.717) is 12.1 Å². The van der Waals surface area contributed by atoms with Crippen molar-refractivity contribution in [3.63, 3.8) is 0 Å². The van der Waals surface area contributed by atoms with Crippen LogP contribution >= 0.6 is 0 Å². The molecule has 0 saturated heterocycles. The average Bonchev–Trinajstić information content (AvgIpc) is 1.94. The zero-order valence-electron chi connectivity index (χ0n) is 6.47. The standard InChI is InChI=1S/C8H9FN.Y/c1-2-4-8-7(9)5-3-6-10-8;/h5-6H,2,4H2,1H3;/q-1;. The number of aryl methyl sites for hydroxylation is 1. The second-order valence-electron chi connectivity index (χ2n) is 2.11. The summed E-state index contributed by atoms with van der Waals surface area (Å²) < 4.78 is 12.7. The van der Waals surface area contributed by atoms with E-state index in [2.05, 4.69) is 11.1 Å². The molecule has 1 nitrogen and oxygen atoms in total. The van der Waals surface area contributed by atoms with E-state index in [4.69, 9.17) is 0 Å². The molecule has 1 aromatic rings. The molecule has 0 bridgehead atoms. The third-order valence-corrected chi connectivity index (χ3v) is 1.27. The quantitative estimate of drug-likeness (QED) is 0.704. The second-order valence-corrected chi connectivity index (χ2v) is 2.11. The van der Waals surface area contributed by atoms with Crippen molar-refractivity contribution in [3.05, 3.63) is 29.8 Å². The first-order chi connectivity index (χ1) is 4.84. The van der Waals surface area contributed by atoms with Gasteiger partial charge < -0.3 is 4.39 Å². The molecule has 11 heavy (non-hydrogen) atoms. The van der Waals surface area contributed by atoms with Gasteiger partial charge in [0.25, 0.3) is 0 Å². The minimum Gasteiger partial charge on any atom is -0.319 e. The number of pyridine rings is 1. The van der Waals surface area contributed by atoms with Gasteiger partial charge in [-0.25, -0.2) is 6.07 Å². The molecule has 0 unspecified atom stereocenters. The number of rotatable bonds is 2. The zero-order valence-corrected chi connectivity index (χ0v) is 9.31. The summed E-state index contributed by atoms with van der Waals surface area (Å²) in [5.74, 6) is -0.246. The number of hydrogen-bond donors (Lipinski definition) is 0. The van der Waals surface area contributed by atoms with Crippen molar-refractivity contribution >= 4 is 0 Å². The van der Waals surface area contributed by atoms with Crippen LogP contribution in [0.5, 0.6) is 0 Å². The molecule has 0 saturated carbocycles. The summed E-state index contributed by atoms with van der Waals surface area (Å²) >= 11 is 0. The van der Waals surface area contributed by atoms with Crippen molar-refractivity contribution < 1.29 is 37.1 Å². The Bertz CT molecular complexity index is 215. The first kappa shape index (κ1) is 11.2. The van der Waals surface area contributed by atoms with E-state index in [1.54, 1.807) is 0 Å². The Morgan fingerprint density at radius 1 is 1.64 bits per heavy atom. The smallest absolute Gasteiger partial charge is 0 e. The average molecular weight is 227 g/mol. The van der Waals surface area contributed by atoms with Crippen LogP contribution in [0.4, 0.5) is 4.39 Å². The molecular weight excluding hydrogens is 218 g/mol. The molecule has 1 heterocycles. The van der Waals surface area contributed by atoms with Crippen molar-refractivity contribution in [2.45, 2.75) is 19.8 Å². The van der Waals surface area contributed by atoms with Crippen molar-refractivity contribution in [2.24, 2.45) is 0 Å². The van der Waals surface area contributed by atoms with E-state index in [0.717, 1.165) is 6.42 Å². The van der Waals surface area contributed by atoms with Crippen LogP contribution in [0.25, 0.3) is 0 Å². The van der Waals surface area contributed by atoms with Gasteiger partial charge in [0.15, 0.2) is 0 Å². The largest absolute Gasteiger partial charge is 0.319 e. The fraction of sp³-hybridized carbons (Fsp3) is 0.375. The fourth-order valence-electron chi connectivity index (χ4n) is 0.791. The van der Waals surface area contributed by atoms with E-state index in [9.17, 15) is 4.39 Å². The number of halogens is 1. The minimum absolute atomic E-state index is 0. The van der Waals surface area contributed by atoms with Gasteiger partial charge in [0, 0.05) is 32.7 Å². The SMILES string of the molecule is CCCc1nc[c-]cc1F.[Y]. The topological polar surface area (TPSA) is 12.9 Å². The molecule has 0 amide bonds. The van der Waals surface area contributed by atoms with Gasteiger partial charge in [-0.3, -0.25) is 4.98 Å². The Hall–Kier alpha value is 0.184. The third kappa shape index (κ3) is 3.39. The Kier molecular flexibility index (Phi) is 5.88. The van der Waals surface area contributed by atoms with Crippen LogP contribution in [0.3, 0.4) is 0 Å². The first-order valence-electron chi connectivity index (χ1n) is 3.35. The Labute approximate surface area is 91.3 Å². The van der Waals surface area contributed by atoms with Gasteiger partial charge in [0.2, 0.25) is 0 Å². The van der Waals surface area contributed by atoms with Crippen molar-refractivity contribution in [1.82, 2.24) is 4.98 Å². The van der Waals surface area contributed by atoms with Crippen LogP contribution < -0.4 is 0 Å². The molecule has 0 atom stereocenters. The minimum atomic E-state index is -0.246. The Balaban J connectivity index is 0.000001000. The molecule has 1 rings (SSSR count). The normalized spacial score (nSPS) is 8.91. The summed E-state index contributed by atoms with van der Waals surface area (Å²) in [5, 5.41) is 0. The maximum Gasteiger partial charge on any atom is 0 e. The van der Waals surface area contributed by atoms with E-state index in [-0.39, 0.29) is 38.5 Å². The van der Waals surface area contributed by atoms with Crippen LogP contribution in [-0.2, 0) is 39.1 Å². The van der Waals surface area contributed by atoms with Gasteiger partial charge in [-0.15, -0.1) is 0 Å². The van der Waals surface area contributed by atoms with E-state index in [1.807, 2.05) is 6.92 Å². The molecule has 0 N–H and O–H groups in total. The van der Waals surface area contributed by atoms with Crippen molar-refractivity contribution in [1.29, 1.82) is 0 Å². The van der Waals surface area contributed by atoms with Crippen LogP contribution in [-0.4, -0.2) is 4.98 Å². The molecule has 0 aliphatic heterocycles. The molecule has 0 aromatic carbocycles. The van der Waals surface area contributed by atoms with Gasteiger partial charge in [-0.2, -0.15) is 6.07 Å². The molecule has 0 fully saturated rings. The maximum absolute atomic E-state index is 12.7. The first-order valence-corrected chi connectivity index (χ1v) is 3.35. The summed E-state index contributed by atoms with van der Waals surface area (Å²) in [4.78, 5) is 3.84. The summed E-state index contributed by atoms with van der Waals surface area (Å²) in [5.41, 5.74) is 0.543. The molecule has 1 radical (unpaired) electrons. The van der Waals surface area contributed by atoms with Crippen LogP contribution in [0.2, 0.25) is 0 Å². The van der Waals surface area contributed by atoms with Gasteiger partial charge in [0.1, 0.15) is 0 Å². The number of aromatic nitrogens is 1. The summed E-state index contributed by atoms with van der Waals surface area (Å²) in [6, 6.07) is 3.89. The van der Waals surface area contributed by atoms with Gasteiger partial charge in [0.05, 0.1) is 0 Å². The molecule has 3 heteroatoms. The van der Waals surface area contributed by atoms with E-state index >= 15 is 0 Å². The molecule has 0 aliphatic carbocycles. The monoisotopic (exact) mass is 227 g/mol. The van der Waals surface area contributed by atoms with Gasteiger partial charge >= 0.3 is 0 Å².